The lowest BCUT2D eigenvalue weighted by Crippen LogP contribution is -2.33. The van der Waals surface area contributed by atoms with Crippen LogP contribution in [0.3, 0.4) is 0 Å². The van der Waals surface area contributed by atoms with Crippen LogP contribution in [0.25, 0.3) is 11.0 Å². The highest BCUT2D eigenvalue weighted by Crippen LogP contribution is 2.35. The van der Waals surface area contributed by atoms with Gasteiger partial charge in [-0.15, -0.1) is 0 Å². The highest BCUT2D eigenvalue weighted by Gasteiger charge is 2.32. The summed E-state index contributed by atoms with van der Waals surface area (Å²) in [5, 5.41) is 1.05. The van der Waals surface area contributed by atoms with E-state index in [2.05, 4.69) is 36.8 Å². The van der Waals surface area contributed by atoms with Crippen molar-refractivity contribution < 1.29 is 4.74 Å². The molecule has 0 spiro atoms. The lowest BCUT2D eigenvalue weighted by molar-refractivity contribution is -0.0272. The van der Waals surface area contributed by atoms with E-state index in [0.717, 1.165) is 46.7 Å². The third-order valence-corrected chi connectivity index (χ3v) is 5.71. The van der Waals surface area contributed by atoms with Crippen LogP contribution in [0.1, 0.15) is 75.5 Å². The standard InChI is InChI=1S/C23H31N5O/c1-13(2)21-19-8-5-14(3)26-23(19)28-22(27-21)16-9-15(4)29-20(10-16)17(11-24)12-25-18-6-7-18/h5,8,11-13,15-16,18,20H,6-7,9-10,24H2,1-4H3/b17-11+,25-12?/t15-,16-,20+/m0/s1. The number of ether oxygens (including phenoxy) is 1. The van der Waals surface area contributed by atoms with Crippen molar-refractivity contribution in [3.63, 3.8) is 0 Å². The molecular weight excluding hydrogens is 362 g/mol. The number of nitrogens with two attached hydrogens (primary N) is 1. The smallest absolute Gasteiger partial charge is 0.163 e. The van der Waals surface area contributed by atoms with Crippen molar-refractivity contribution in [3.05, 3.63) is 41.1 Å². The molecule has 2 fully saturated rings. The molecule has 0 radical (unpaired) electrons. The van der Waals surface area contributed by atoms with E-state index in [0.29, 0.717) is 12.0 Å². The Hall–Kier alpha value is -2.34. The zero-order valence-electron chi connectivity index (χ0n) is 17.8. The summed E-state index contributed by atoms with van der Waals surface area (Å²) in [6.45, 7) is 8.45. The molecule has 3 heterocycles. The van der Waals surface area contributed by atoms with Crippen LogP contribution in [-0.2, 0) is 4.74 Å². The van der Waals surface area contributed by atoms with Gasteiger partial charge in [0.25, 0.3) is 0 Å². The second-order valence-corrected chi connectivity index (χ2v) is 8.73. The van der Waals surface area contributed by atoms with Crippen molar-refractivity contribution >= 4 is 17.2 Å². The third kappa shape index (κ3) is 4.47. The Bertz CT molecular complexity index is 948. The van der Waals surface area contributed by atoms with E-state index in [1.807, 2.05) is 19.2 Å². The van der Waals surface area contributed by atoms with E-state index in [1.165, 1.54) is 12.8 Å². The Kier molecular flexibility index (Phi) is 5.63. The maximum atomic E-state index is 6.22. The number of aryl methyl sites for hydroxylation is 1. The number of aliphatic imine (C=N–C) groups is 1. The van der Waals surface area contributed by atoms with Gasteiger partial charge in [-0.3, -0.25) is 4.99 Å². The third-order valence-electron chi connectivity index (χ3n) is 5.71. The van der Waals surface area contributed by atoms with E-state index in [4.69, 9.17) is 20.4 Å². The van der Waals surface area contributed by atoms with Crippen LogP contribution in [0.2, 0.25) is 0 Å². The molecule has 1 saturated heterocycles. The van der Waals surface area contributed by atoms with Gasteiger partial charge in [0.15, 0.2) is 5.65 Å². The molecule has 1 saturated carbocycles. The Morgan fingerprint density at radius 2 is 2.00 bits per heavy atom. The first-order valence-corrected chi connectivity index (χ1v) is 10.7. The molecule has 0 aromatic carbocycles. The second kappa shape index (κ2) is 8.19. The molecule has 4 rings (SSSR count). The Morgan fingerprint density at radius 3 is 2.69 bits per heavy atom. The summed E-state index contributed by atoms with van der Waals surface area (Å²) in [4.78, 5) is 19.2. The van der Waals surface area contributed by atoms with Crippen LogP contribution in [0, 0.1) is 6.92 Å². The molecule has 1 aliphatic carbocycles. The summed E-state index contributed by atoms with van der Waals surface area (Å²) in [5.41, 5.74) is 9.70. The van der Waals surface area contributed by atoms with Crippen molar-refractivity contribution in [3.8, 4) is 0 Å². The second-order valence-electron chi connectivity index (χ2n) is 8.73. The van der Waals surface area contributed by atoms with Crippen molar-refractivity contribution in [2.45, 2.75) is 83.5 Å². The summed E-state index contributed by atoms with van der Waals surface area (Å²) in [6.07, 6.45) is 7.61. The minimum Gasteiger partial charge on any atom is -0.404 e. The van der Waals surface area contributed by atoms with E-state index < -0.39 is 0 Å². The van der Waals surface area contributed by atoms with Gasteiger partial charge in [-0.2, -0.15) is 0 Å². The number of hydrogen-bond acceptors (Lipinski definition) is 6. The van der Waals surface area contributed by atoms with Gasteiger partial charge >= 0.3 is 0 Å². The van der Waals surface area contributed by atoms with Crippen LogP contribution >= 0.6 is 0 Å². The predicted octanol–water partition coefficient (Wildman–Crippen LogP) is 4.18. The fourth-order valence-electron chi connectivity index (χ4n) is 3.99. The number of fused-ring (bicyclic) bond motifs is 1. The molecule has 0 bridgehead atoms. The van der Waals surface area contributed by atoms with E-state index in [-0.39, 0.29) is 18.1 Å². The Balaban J connectivity index is 1.66. The quantitative estimate of drug-likeness (QED) is 0.770. The highest BCUT2D eigenvalue weighted by molar-refractivity contribution is 5.80. The fourth-order valence-corrected chi connectivity index (χ4v) is 3.99. The van der Waals surface area contributed by atoms with Crippen molar-refractivity contribution in [1.29, 1.82) is 0 Å². The van der Waals surface area contributed by atoms with E-state index in [9.17, 15) is 0 Å². The average molecular weight is 394 g/mol. The molecule has 2 N–H and O–H groups in total. The highest BCUT2D eigenvalue weighted by atomic mass is 16.5. The molecule has 3 atom stereocenters. The number of nitrogens with zero attached hydrogens (tertiary/aromatic N) is 4. The number of aromatic nitrogens is 3. The zero-order chi connectivity index (χ0) is 20.5. The largest absolute Gasteiger partial charge is 0.404 e. The van der Waals surface area contributed by atoms with Crippen molar-refractivity contribution in [2.75, 3.05) is 0 Å². The molecule has 6 nitrogen and oxygen atoms in total. The normalized spacial score (nSPS) is 26.0. The van der Waals surface area contributed by atoms with Crippen LogP contribution in [0.15, 0.2) is 28.9 Å². The van der Waals surface area contributed by atoms with Crippen molar-refractivity contribution in [1.82, 2.24) is 15.0 Å². The lowest BCUT2D eigenvalue weighted by Gasteiger charge is -2.34. The number of rotatable bonds is 5. The molecule has 0 unspecified atom stereocenters. The average Bonchev–Trinajstić information content (AvgIpc) is 3.51. The van der Waals surface area contributed by atoms with Crippen LogP contribution in [0.4, 0.5) is 0 Å². The summed E-state index contributed by atoms with van der Waals surface area (Å²) < 4.78 is 6.22. The summed E-state index contributed by atoms with van der Waals surface area (Å²) >= 11 is 0. The monoisotopic (exact) mass is 393 g/mol. The molecule has 1 aliphatic heterocycles. The first-order chi connectivity index (χ1) is 13.9. The van der Waals surface area contributed by atoms with Gasteiger partial charge < -0.3 is 10.5 Å². The van der Waals surface area contributed by atoms with Gasteiger partial charge in [0.1, 0.15) is 5.82 Å². The molecule has 2 aromatic heterocycles. The van der Waals surface area contributed by atoms with Crippen molar-refractivity contribution in [2.24, 2.45) is 10.7 Å². The molecule has 0 amide bonds. The van der Waals surface area contributed by atoms with Gasteiger partial charge in [0.2, 0.25) is 0 Å². The molecule has 2 aromatic rings. The summed E-state index contributed by atoms with van der Waals surface area (Å²) in [7, 11) is 0. The first-order valence-electron chi connectivity index (χ1n) is 10.7. The van der Waals surface area contributed by atoms with Crippen LogP contribution in [0.5, 0.6) is 0 Å². The maximum Gasteiger partial charge on any atom is 0.163 e. The molecule has 154 valence electrons. The minimum atomic E-state index is -0.0801. The zero-order valence-corrected chi connectivity index (χ0v) is 17.8. The Morgan fingerprint density at radius 1 is 1.21 bits per heavy atom. The van der Waals surface area contributed by atoms with Crippen LogP contribution < -0.4 is 5.73 Å². The van der Waals surface area contributed by atoms with Gasteiger partial charge in [-0.25, -0.2) is 15.0 Å². The summed E-state index contributed by atoms with van der Waals surface area (Å²) in [6, 6.07) is 4.59. The van der Waals surface area contributed by atoms with Gasteiger partial charge in [0.05, 0.1) is 23.9 Å². The van der Waals surface area contributed by atoms with Crippen LogP contribution in [-0.4, -0.2) is 39.4 Å². The molecule has 29 heavy (non-hydrogen) atoms. The first kappa shape index (κ1) is 20.0. The topological polar surface area (TPSA) is 86.3 Å². The maximum absolute atomic E-state index is 6.22. The lowest BCUT2D eigenvalue weighted by atomic mass is 9.88. The Labute approximate surface area is 172 Å². The van der Waals surface area contributed by atoms with Gasteiger partial charge in [-0.1, -0.05) is 13.8 Å². The molecule has 2 aliphatic rings. The van der Waals surface area contributed by atoms with Gasteiger partial charge in [0, 0.05) is 35.0 Å². The SMILES string of the molecule is Cc1ccc2c(C(C)C)nc([C@H]3C[C@H](C)O[C@@H](/C(C=NC4CC4)=C/N)C3)nc2n1. The fraction of sp³-hybridized carbons (Fsp3) is 0.565. The number of hydrogen-bond donors (Lipinski definition) is 1. The molecule has 6 heteroatoms. The van der Waals surface area contributed by atoms with Gasteiger partial charge in [-0.05, 0) is 57.6 Å². The van der Waals surface area contributed by atoms with E-state index >= 15 is 0 Å². The molecular formula is C23H31N5O. The number of pyridine rings is 1. The minimum absolute atomic E-state index is 0.0801. The summed E-state index contributed by atoms with van der Waals surface area (Å²) in [5.74, 6) is 1.38. The van der Waals surface area contributed by atoms with E-state index in [1.54, 1.807) is 6.20 Å². The predicted molar refractivity (Wildman–Crippen MR) is 116 cm³/mol.